The molecule has 0 saturated heterocycles. The first kappa shape index (κ1) is 14.3. The second-order valence-corrected chi connectivity index (χ2v) is 4.79. The summed E-state index contributed by atoms with van der Waals surface area (Å²) in [6, 6.07) is 8.78. The minimum atomic E-state index is -0.214. The van der Waals surface area contributed by atoms with E-state index in [0.717, 1.165) is 37.2 Å². The summed E-state index contributed by atoms with van der Waals surface area (Å²) in [5.41, 5.74) is 2.14. The highest BCUT2D eigenvalue weighted by Crippen LogP contribution is 2.24. The van der Waals surface area contributed by atoms with Crippen LogP contribution in [0.2, 0.25) is 0 Å². The Morgan fingerprint density at radius 1 is 1.30 bits per heavy atom. The fourth-order valence-electron chi connectivity index (χ4n) is 2.72. The fourth-order valence-corrected chi connectivity index (χ4v) is 2.72. The minimum Gasteiger partial charge on any atom is -0.358 e. The van der Waals surface area contributed by atoms with E-state index >= 15 is 0 Å². The first-order valence-electron chi connectivity index (χ1n) is 6.54. The Morgan fingerprint density at radius 2 is 2.05 bits per heavy atom. The molecule has 2 aromatic rings. The molecule has 0 radical (unpaired) electrons. The maximum Gasteiger partial charge on any atom is 0.257 e. The van der Waals surface area contributed by atoms with Gasteiger partial charge in [0.15, 0.2) is 5.69 Å². The molecule has 3 rings (SSSR count). The van der Waals surface area contributed by atoms with Gasteiger partial charge in [-0.3, -0.25) is 0 Å². The number of imidazole rings is 1. The third-order valence-corrected chi connectivity index (χ3v) is 3.60. The summed E-state index contributed by atoms with van der Waals surface area (Å²) in [6.45, 7) is 1.73. The van der Waals surface area contributed by atoms with Gasteiger partial charge in [-0.1, -0.05) is 0 Å². The van der Waals surface area contributed by atoms with Crippen molar-refractivity contribution in [3.05, 3.63) is 49.5 Å². The van der Waals surface area contributed by atoms with E-state index in [1.165, 1.54) is 18.0 Å². The van der Waals surface area contributed by atoms with Crippen molar-refractivity contribution in [2.75, 3.05) is 0 Å². The van der Waals surface area contributed by atoms with Gasteiger partial charge >= 0.3 is 0 Å². The Hall–Kier alpha value is -2.15. The largest absolute Gasteiger partial charge is 0.358 e. The van der Waals surface area contributed by atoms with Crippen LogP contribution in [0.3, 0.4) is 0 Å². The zero-order chi connectivity index (χ0) is 13.2. The molecule has 1 aromatic carbocycles. The van der Waals surface area contributed by atoms with Crippen LogP contribution in [-0.2, 0) is 19.5 Å². The molecule has 0 unspecified atom stereocenters. The van der Waals surface area contributed by atoms with E-state index in [-0.39, 0.29) is 13.2 Å². The van der Waals surface area contributed by atoms with E-state index in [1.807, 2.05) is 12.1 Å². The minimum absolute atomic E-state index is 0. The number of halogens is 1. The molecule has 20 heavy (non-hydrogen) atoms. The second-order valence-electron chi connectivity index (χ2n) is 4.79. The number of nitriles is 1. The molecule has 104 valence electrons. The highest BCUT2D eigenvalue weighted by Gasteiger charge is 2.28. The smallest absolute Gasteiger partial charge is 0.257 e. The second kappa shape index (κ2) is 5.87. The molecule has 0 atom stereocenters. The van der Waals surface area contributed by atoms with Gasteiger partial charge in [-0.05, 0) is 30.7 Å². The van der Waals surface area contributed by atoms with E-state index in [4.69, 9.17) is 5.26 Å². The first-order valence-corrected chi connectivity index (χ1v) is 6.54. The van der Waals surface area contributed by atoms with Crippen LogP contribution < -0.4 is 4.57 Å². The molecule has 0 N–H and O–H groups in total. The summed E-state index contributed by atoms with van der Waals surface area (Å²) < 4.78 is 17.4. The Labute approximate surface area is 118 Å². The van der Waals surface area contributed by atoms with Crippen LogP contribution in [0.15, 0.2) is 30.5 Å². The first-order chi connectivity index (χ1) is 9.29. The van der Waals surface area contributed by atoms with Crippen molar-refractivity contribution < 1.29 is 8.96 Å². The highest BCUT2D eigenvalue weighted by atomic mass is 19.1. The Kier molecular flexibility index (Phi) is 4.19. The van der Waals surface area contributed by atoms with Crippen molar-refractivity contribution in [2.45, 2.75) is 32.4 Å². The lowest BCUT2D eigenvalue weighted by molar-refractivity contribution is -0.701. The van der Waals surface area contributed by atoms with Crippen LogP contribution in [0.4, 0.5) is 4.39 Å². The van der Waals surface area contributed by atoms with E-state index in [1.54, 1.807) is 0 Å². The molecule has 0 amide bonds. The third kappa shape index (κ3) is 2.44. The zero-order valence-corrected chi connectivity index (χ0v) is 11.6. The summed E-state index contributed by atoms with van der Waals surface area (Å²) >= 11 is 0. The number of nitrogens with zero attached hydrogens (tertiary/aromatic N) is 3. The fraction of sp³-hybridized carbons (Fsp3) is 0.312. The molecule has 1 aliphatic heterocycles. The SMILES string of the molecule is N#CCC[n+]1cc(-c2ccc(F)cc2)n2c1CCC2.[CH3-]. The molecule has 0 aliphatic carbocycles. The molecule has 0 bridgehead atoms. The van der Waals surface area contributed by atoms with Gasteiger partial charge < -0.3 is 7.43 Å². The molecule has 1 aliphatic rings. The number of hydrogen-bond donors (Lipinski definition) is 0. The maximum absolute atomic E-state index is 13.0. The van der Waals surface area contributed by atoms with E-state index in [9.17, 15) is 4.39 Å². The standard InChI is InChI=1S/C15H15FN3.CH3/c16-13-6-4-12(5-7-13)14-11-18(9-2-8-17)15-3-1-10-19(14)15;/h4-7,11H,1-3,9-10H2;1H3/q+1;-1. The van der Waals surface area contributed by atoms with Gasteiger partial charge in [0.2, 0.25) is 0 Å². The van der Waals surface area contributed by atoms with Gasteiger partial charge in [-0.15, -0.1) is 0 Å². The quantitative estimate of drug-likeness (QED) is 0.624. The number of rotatable bonds is 3. The monoisotopic (exact) mass is 271 g/mol. The molecule has 1 aromatic heterocycles. The third-order valence-electron chi connectivity index (χ3n) is 3.60. The normalized spacial score (nSPS) is 12.6. The predicted molar refractivity (Wildman–Crippen MR) is 75.0 cm³/mol. The van der Waals surface area contributed by atoms with Gasteiger partial charge in [-0.25, -0.2) is 13.5 Å². The highest BCUT2D eigenvalue weighted by molar-refractivity contribution is 5.58. The lowest BCUT2D eigenvalue weighted by Crippen LogP contribution is -2.35. The number of benzene rings is 1. The predicted octanol–water partition coefficient (Wildman–Crippen LogP) is 2.89. The maximum atomic E-state index is 13.0. The Bertz CT molecular complexity index is 635. The van der Waals surface area contributed by atoms with Crippen molar-refractivity contribution in [1.29, 1.82) is 5.26 Å². The van der Waals surface area contributed by atoms with Gasteiger partial charge in [0.25, 0.3) is 5.82 Å². The molecule has 2 heterocycles. The van der Waals surface area contributed by atoms with Crippen LogP contribution in [0.5, 0.6) is 0 Å². The number of fused-ring (bicyclic) bond motifs is 1. The number of aromatic nitrogens is 2. The summed E-state index contributed by atoms with van der Waals surface area (Å²) in [7, 11) is 0. The lowest BCUT2D eigenvalue weighted by atomic mass is 10.1. The van der Waals surface area contributed by atoms with Crippen molar-refractivity contribution in [2.24, 2.45) is 0 Å². The summed E-state index contributed by atoms with van der Waals surface area (Å²) in [6.07, 6.45) is 4.78. The molecule has 0 spiro atoms. The van der Waals surface area contributed by atoms with Gasteiger partial charge in [0.1, 0.15) is 18.6 Å². The van der Waals surface area contributed by atoms with Crippen LogP contribution in [-0.4, -0.2) is 4.57 Å². The van der Waals surface area contributed by atoms with E-state index < -0.39 is 0 Å². The average Bonchev–Trinajstić information content (AvgIpc) is 3.00. The van der Waals surface area contributed by atoms with Crippen LogP contribution in [0.25, 0.3) is 11.3 Å². The van der Waals surface area contributed by atoms with Crippen molar-refractivity contribution in [3.8, 4) is 17.3 Å². The van der Waals surface area contributed by atoms with Crippen LogP contribution in [0.1, 0.15) is 18.7 Å². The van der Waals surface area contributed by atoms with Crippen LogP contribution >= 0.6 is 0 Å². The molecule has 0 saturated carbocycles. The number of hydrogen-bond acceptors (Lipinski definition) is 1. The van der Waals surface area contributed by atoms with Gasteiger partial charge in [0, 0.05) is 5.56 Å². The molecule has 4 heteroatoms. The molecule has 0 fully saturated rings. The average molecular weight is 271 g/mol. The van der Waals surface area contributed by atoms with E-state index in [2.05, 4.69) is 21.4 Å². The van der Waals surface area contributed by atoms with Crippen LogP contribution in [0, 0.1) is 24.6 Å². The van der Waals surface area contributed by atoms with Gasteiger partial charge in [-0.2, -0.15) is 5.26 Å². The van der Waals surface area contributed by atoms with Crippen molar-refractivity contribution in [3.63, 3.8) is 0 Å². The number of aryl methyl sites for hydroxylation is 1. The molecular weight excluding hydrogens is 253 g/mol. The molecular formula is C16H18FN3. The Morgan fingerprint density at radius 3 is 2.75 bits per heavy atom. The summed E-state index contributed by atoms with van der Waals surface area (Å²) in [5, 5.41) is 8.72. The molecule has 3 nitrogen and oxygen atoms in total. The summed E-state index contributed by atoms with van der Waals surface area (Å²) in [5.74, 6) is 1.06. The topological polar surface area (TPSA) is 32.6 Å². The Balaban J connectivity index is 0.00000147. The lowest BCUT2D eigenvalue weighted by Gasteiger charge is -1.98. The van der Waals surface area contributed by atoms with Gasteiger partial charge in [0.05, 0.1) is 25.5 Å². The van der Waals surface area contributed by atoms with E-state index in [0.29, 0.717) is 6.42 Å². The zero-order valence-electron chi connectivity index (χ0n) is 11.6. The summed E-state index contributed by atoms with van der Waals surface area (Å²) in [4.78, 5) is 0. The van der Waals surface area contributed by atoms with Crippen molar-refractivity contribution in [1.82, 2.24) is 4.57 Å². The van der Waals surface area contributed by atoms with Crippen molar-refractivity contribution >= 4 is 0 Å².